The van der Waals surface area contributed by atoms with Crippen LogP contribution in [0.3, 0.4) is 0 Å². The summed E-state index contributed by atoms with van der Waals surface area (Å²) in [6.45, 7) is 4.61. The summed E-state index contributed by atoms with van der Waals surface area (Å²) in [5.41, 5.74) is 9.95. The highest BCUT2D eigenvalue weighted by atomic mass is 15.2. The van der Waals surface area contributed by atoms with E-state index in [4.69, 9.17) is 5.73 Å². The van der Waals surface area contributed by atoms with Crippen LogP contribution >= 0.6 is 0 Å². The van der Waals surface area contributed by atoms with E-state index < -0.39 is 0 Å². The van der Waals surface area contributed by atoms with E-state index >= 15 is 0 Å². The molecule has 1 fully saturated rings. The van der Waals surface area contributed by atoms with Crippen LogP contribution in [0.4, 0.5) is 5.69 Å². The van der Waals surface area contributed by atoms with Gasteiger partial charge in [0, 0.05) is 24.8 Å². The Morgan fingerprint density at radius 1 is 1.41 bits per heavy atom. The first-order valence-electron chi connectivity index (χ1n) is 6.90. The van der Waals surface area contributed by atoms with E-state index in [1.807, 2.05) is 6.07 Å². The molecule has 1 aliphatic carbocycles. The van der Waals surface area contributed by atoms with E-state index in [2.05, 4.69) is 24.0 Å². The van der Waals surface area contributed by atoms with Gasteiger partial charge in [-0.2, -0.15) is 0 Å². The second kappa shape index (κ2) is 4.34. The van der Waals surface area contributed by atoms with E-state index in [1.165, 1.54) is 43.4 Å². The van der Waals surface area contributed by atoms with Crippen molar-refractivity contribution in [1.29, 1.82) is 0 Å². The number of nitrogens with two attached hydrogens (primary N) is 1. The number of anilines is 1. The second-order valence-corrected chi connectivity index (χ2v) is 5.52. The van der Waals surface area contributed by atoms with Crippen LogP contribution in [-0.2, 0) is 13.0 Å². The fraction of sp³-hybridized carbons (Fsp3) is 0.600. The van der Waals surface area contributed by atoms with Crippen molar-refractivity contribution >= 4 is 5.69 Å². The Kier molecular flexibility index (Phi) is 2.83. The molecule has 2 heteroatoms. The maximum Gasteiger partial charge on any atom is 0.0362 e. The van der Waals surface area contributed by atoms with Crippen molar-refractivity contribution in [2.75, 3.05) is 12.3 Å². The molecule has 1 aromatic carbocycles. The molecule has 1 atom stereocenters. The largest absolute Gasteiger partial charge is 0.398 e. The highest BCUT2D eigenvalue weighted by Crippen LogP contribution is 2.38. The van der Waals surface area contributed by atoms with Crippen LogP contribution in [0.15, 0.2) is 18.2 Å². The van der Waals surface area contributed by atoms with Gasteiger partial charge < -0.3 is 5.73 Å². The molecule has 1 aromatic rings. The SMILES string of the molecule is CCC(C1CC1)N1CCc2cccc(N)c2C1. The molecular weight excluding hydrogens is 208 g/mol. The number of rotatable bonds is 3. The lowest BCUT2D eigenvalue weighted by Crippen LogP contribution is -2.40. The smallest absolute Gasteiger partial charge is 0.0362 e. The number of hydrogen-bond donors (Lipinski definition) is 1. The molecule has 0 radical (unpaired) electrons. The summed E-state index contributed by atoms with van der Waals surface area (Å²) in [6.07, 6.45) is 5.33. The van der Waals surface area contributed by atoms with Crippen LogP contribution in [0.25, 0.3) is 0 Å². The maximum absolute atomic E-state index is 6.11. The molecule has 3 rings (SSSR count). The topological polar surface area (TPSA) is 29.3 Å². The summed E-state index contributed by atoms with van der Waals surface area (Å²) in [4.78, 5) is 2.66. The lowest BCUT2D eigenvalue weighted by Gasteiger charge is -2.36. The van der Waals surface area contributed by atoms with Gasteiger partial charge in [-0.3, -0.25) is 4.90 Å². The normalized spacial score (nSPS) is 22.2. The third-order valence-corrected chi connectivity index (χ3v) is 4.39. The lowest BCUT2D eigenvalue weighted by molar-refractivity contribution is 0.155. The molecule has 1 saturated carbocycles. The molecule has 1 heterocycles. The fourth-order valence-corrected chi connectivity index (χ4v) is 3.28. The van der Waals surface area contributed by atoms with Crippen molar-refractivity contribution in [1.82, 2.24) is 4.90 Å². The van der Waals surface area contributed by atoms with Crippen LogP contribution < -0.4 is 5.73 Å². The first kappa shape index (κ1) is 11.1. The van der Waals surface area contributed by atoms with Gasteiger partial charge in [-0.05, 0) is 48.8 Å². The zero-order valence-electron chi connectivity index (χ0n) is 10.7. The molecule has 1 aliphatic heterocycles. The summed E-state index contributed by atoms with van der Waals surface area (Å²) in [5.74, 6) is 0.964. The Labute approximate surface area is 104 Å². The Morgan fingerprint density at radius 3 is 2.94 bits per heavy atom. The predicted octanol–water partition coefficient (Wildman–Crippen LogP) is 2.82. The van der Waals surface area contributed by atoms with Crippen LogP contribution in [0, 0.1) is 5.92 Å². The second-order valence-electron chi connectivity index (χ2n) is 5.52. The molecule has 92 valence electrons. The number of benzene rings is 1. The minimum Gasteiger partial charge on any atom is -0.398 e. The first-order chi connectivity index (χ1) is 8.29. The van der Waals surface area contributed by atoms with E-state index in [0.29, 0.717) is 0 Å². The van der Waals surface area contributed by atoms with E-state index in [9.17, 15) is 0 Å². The molecule has 2 nitrogen and oxygen atoms in total. The Balaban J connectivity index is 1.81. The molecule has 1 unspecified atom stereocenters. The molecule has 17 heavy (non-hydrogen) atoms. The highest BCUT2D eigenvalue weighted by molar-refractivity contribution is 5.51. The molecule has 0 bridgehead atoms. The monoisotopic (exact) mass is 230 g/mol. The lowest BCUT2D eigenvalue weighted by atomic mass is 9.95. The number of nitrogen functional groups attached to an aromatic ring is 1. The van der Waals surface area contributed by atoms with E-state index in [-0.39, 0.29) is 0 Å². The Bertz CT molecular complexity index is 409. The van der Waals surface area contributed by atoms with Crippen LogP contribution in [0.5, 0.6) is 0 Å². The van der Waals surface area contributed by atoms with Crippen LogP contribution in [0.2, 0.25) is 0 Å². The average Bonchev–Trinajstić information content (AvgIpc) is 3.16. The van der Waals surface area contributed by atoms with Crippen molar-refractivity contribution in [2.45, 2.75) is 45.2 Å². The minimum atomic E-state index is 0.794. The molecule has 0 aromatic heterocycles. The van der Waals surface area contributed by atoms with Gasteiger partial charge in [-0.25, -0.2) is 0 Å². The van der Waals surface area contributed by atoms with Crippen LogP contribution in [0.1, 0.15) is 37.3 Å². The Hall–Kier alpha value is -1.02. The third-order valence-electron chi connectivity index (χ3n) is 4.39. The predicted molar refractivity (Wildman–Crippen MR) is 71.8 cm³/mol. The van der Waals surface area contributed by atoms with E-state index in [0.717, 1.165) is 24.2 Å². The molecular formula is C15H22N2. The van der Waals surface area contributed by atoms with Gasteiger partial charge in [-0.15, -0.1) is 0 Å². The summed E-state index contributed by atoms with van der Waals surface area (Å²) < 4.78 is 0. The number of nitrogens with zero attached hydrogens (tertiary/aromatic N) is 1. The highest BCUT2D eigenvalue weighted by Gasteiger charge is 2.35. The average molecular weight is 230 g/mol. The quantitative estimate of drug-likeness (QED) is 0.809. The van der Waals surface area contributed by atoms with Gasteiger partial charge in [0.05, 0.1) is 0 Å². The molecule has 2 N–H and O–H groups in total. The Morgan fingerprint density at radius 2 is 2.24 bits per heavy atom. The van der Waals surface area contributed by atoms with Crippen molar-refractivity contribution < 1.29 is 0 Å². The van der Waals surface area contributed by atoms with Gasteiger partial charge in [0.25, 0.3) is 0 Å². The van der Waals surface area contributed by atoms with Gasteiger partial charge in [0.1, 0.15) is 0 Å². The van der Waals surface area contributed by atoms with Gasteiger partial charge >= 0.3 is 0 Å². The van der Waals surface area contributed by atoms with Crippen LogP contribution in [-0.4, -0.2) is 17.5 Å². The molecule has 0 saturated heterocycles. The van der Waals surface area contributed by atoms with Gasteiger partial charge in [-0.1, -0.05) is 19.1 Å². The minimum absolute atomic E-state index is 0.794. The van der Waals surface area contributed by atoms with Crippen molar-refractivity contribution in [2.24, 2.45) is 5.92 Å². The maximum atomic E-state index is 6.11. The summed E-state index contributed by atoms with van der Waals surface area (Å²) in [5, 5.41) is 0. The summed E-state index contributed by atoms with van der Waals surface area (Å²) in [7, 11) is 0. The van der Waals surface area contributed by atoms with Gasteiger partial charge in [0.2, 0.25) is 0 Å². The third kappa shape index (κ3) is 2.06. The van der Waals surface area contributed by atoms with E-state index in [1.54, 1.807) is 0 Å². The number of hydrogen-bond acceptors (Lipinski definition) is 2. The van der Waals surface area contributed by atoms with Crippen molar-refractivity contribution in [3.05, 3.63) is 29.3 Å². The summed E-state index contributed by atoms with van der Waals surface area (Å²) in [6, 6.07) is 7.16. The zero-order chi connectivity index (χ0) is 11.8. The summed E-state index contributed by atoms with van der Waals surface area (Å²) >= 11 is 0. The molecule has 0 spiro atoms. The number of fused-ring (bicyclic) bond motifs is 1. The zero-order valence-corrected chi connectivity index (χ0v) is 10.7. The molecule has 2 aliphatic rings. The standard InChI is InChI=1S/C15H22N2/c1-2-15(12-6-7-12)17-9-8-11-4-3-5-14(16)13(11)10-17/h3-5,12,15H,2,6-10,16H2,1H3. The fourth-order valence-electron chi connectivity index (χ4n) is 3.28. The molecule has 0 amide bonds. The van der Waals surface area contributed by atoms with Gasteiger partial charge in [0.15, 0.2) is 0 Å². The van der Waals surface area contributed by atoms with Crippen molar-refractivity contribution in [3.8, 4) is 0 Å². The van der Waals surface area contributed by atoms with Crippen molar-refractivity contribution in [3.63, 3.8) is 0 Å². The first-order valence-corrected chi connectivity index (χ1v) is 6.90.